The quantitative estimate of drug-likeness (QED) is 0.177. The smallest absolute Gasteiger partial charge is 0.261 e. The number of hydrogen-bond acceptors (Lipinski definition) is 8. The summed E-state index contributed by atoms with van der Waals surface area (Å²) in [4.78, 5) is 39.3. The number of aromatic nitrogens is 2. The van der Waals surface area contributed by atoms with Crippen molar-refractivity contribution in [2.24, 2.45) is 0 Å². The van der Waals surface area contributed by atoms with Crippen LogP contribution in [0.15, 0.2) is 79.5 Å². The molecule has 1 aromatic heterocycles. The minimum absolute atomic E-state index is 0.0116. The molecule has 4 aromatic rings. The summed E-state index contributed by atoms with van der Waals surface area (Å²) in [7, 11) is 2.12. The highest BCUT2D eigenvalue weighted by molar-refractivity contribution is 6.34. The van der Waals surface area contributed by atoms with Crippen LogP contribution in [0.2, 0.25) is 5.02 Å². The lowest BCUT2D eigenvalue weighted by molar-refractivity contribution is -0.114. The van der Waals surface area contributed by atoms with Crippen molar-refractivity contribution in [3.05, 3.63) is 107 Å². The predicted molar refractivity (Wildman–Crippen MR) is 174 cm³/mol. The van der Waals surface area contributed by atoms with E-state index in [0.717, 1.165) is 43.1 Å². The number of nitrogens with zero attached hydrogens (tertiary/aromatic N) is 4. The standard InChI is InChI=1S/C33H33ClFN7O2/c1-4-26(43)18-22-8-9-23(35)19-29(22)38-31-27(32(44)39-30-21(2)6-5-7-28(30)34)20-36-33(40-31)37-24-10-12-25(13-11-24)42-16-14-41(3)15-17-42/h4-13,19-20H,1,14-18H2,2-3H3,(H,39,44)(H2,36,37,38,40). The Labute approximate surface area is 260 Å². The van der Waals surface area contributed by atoms with Gasteiger partial charge in [-0.15, -0.1) is 0 Å². The number of rotatable bonds is 10. The van der Waals surface area contributed by atoms with E-state index in [1.54, 1.807) is 12.1 Å². The second-order valence-corrected chi connectivity index (χ2v) is 11.0. The Bertz CT molecular complexity index is 1670. The molecular weight excluding hydrogens is 581 g/mol. The highest BCUT2D eigenvalue weighted by Crippen LogP contribution is 2.29. The van der Waals surface area contributed by atoms with Crippen LogP contribution in [0.25, 0.3) is 0 Å². The molecule has 2 heterocycles. The largest absolute Gasteiger partial charge is 0.369 e. The van der Waals surface area contributed by atoms with E-state index in [1.165, 1.54) is 30.5 Å². The van der Waals surface area contributed by atoms with Gasteiger partial charge in [-0.1, -0.05) is 36.4 Å². The highest BCUT2D eigenvalue weighted by atomic mass is 35.5. The first-order chi connectivity index (χ1) is 21.2. The molecule has 1 amide bonds. The van der Waals surface area contributed by atoms with Gasteiger partial charge in [0.2, 0.25) is 5.95 Å². The molecule has 0 spiro atoms. The molecule has 3 N–H and O–H groups in total. The van der Waals surface area contributed by atoms with Crippen molar-refractivity contribution in [1.29, 1.82) is 0 Å². The molecule has 1 saturated heterocycles. The Kier molecular flexibility index (Phi) is 9.52. The summed E-state index contributed by atoms with van der Waals surface area (Å²) in [6.45, 7) is 9.28. The zero-order valence-electron chi connectivity index (χ0n) is 24.5. The normalized spacial score (nSPS) is 13.3. The lowest BCUT2D eigenvalue weighted by Crippen LogP contribution is -2.44. The van der Waals surface area contributed by atoms with Crippen molar-refractivity contribution in [3.8, 4) is 0 Å². The molecule has 3 aromatic carbocycles. The third-order valence-corrected chi connectivity index (χ3v) is 7.72. The van der Waals surface area contributed by atoms with Crippen LogP contribution in [-0.4, -0.2) is 59.8 Å². The Hall–Kier alpha value is -4.80. The van der Waals surface area contributed by atoms with E-state index >= 15 is 0 Å². The molecule has 0 bridgehead atoms. The number of amides is 1. The monoisotopic (exact) mass is 613 g/mol. The minimum atomic E-state index is -0.521. The van der Waals surface area contributed by atoms with Crippen LogP contribution >= 0.6 is 11.6 Å². The molecule has 0 unspecified atom stereocenters. The summed E-state index contributed by atoms with van der Waals surface area (Å²) in [5, 5.41) is 9.47. The van der Waals surface area contributed by atoms with Gasteiger partial charge in [0.25, 0.3) is 5.91 Å². The van der Waals surface area contributed by atoms with Crippen molar-refractivity contribution >= 4 is 57.8 Å². The van der Waals surface area contributed by atoms with Gasteiger partial charge >= 0.3 is 0 Å². The van der Waals surface area contributed by atoms with Crippen LogP contribution in [0, 0.1) is 12.7 Å². The van der Waals surface area contributed by atoms with E-state index in [-0.39, 0.29) is 35.2 Å². The molecule has 1 fully saturated rings. The first-order valence-electron chi connectivity index (χ1n) is 14.1. The van der Waals surface area contributed by atoms with E-state index < -0.39 is 11.7 Å². The zero-order valence-corrected chi connectivity index (χ0v) is 25.3. The predicted octanol–water partition coefficient (Wildman–Crippen LogP) is 6.37. The molecule has 11 heteroatoms. The number of para-hydroxylation sites is 1. The molecule has 0 radical (unpaired) electrons. The molecule has 0 saturated carbocycles. The Balaban J connectivity index is 1.45. The Morgan fingerprint density at radius 1 is 1.05 bits per heavy atom. The van der Waals surface area contributed by atoms with E-state index in [9.17, 15) is 14.0 Å². The van der Waals surface area contributed by atoms with Gasteiger partial charge in [-0.3, -0.25) is 9.59 Å². The summed E-state index contributed by atoms with van der Waals surface area (Å²) in [6.07, 6.45) is 2.58. The first-order valence-corrected chi connectivity index (χ1v) is 14.5. The van der Waals surface area contributed by atoms with E-state index in [2.05, 4.69) is 49.3 Å². The van der Waals surface area contributed by atoms with Gasteiger partial charge < -0.3 is 25.8 Å². The SMILES string of the molecule is C=CC(=O)Cc1ccc(F)cc1Nc1nc(Nc2ccc(N3CCN(C)CC3)cc2)ncc1C(=O)Nc1c(C)cccc1Cl. The number of hydrogen-bond donors (Lipinski definition) is 3. The number of ketones is 1. The fourth-order valence-electron chi connectivity index (χ4n) is 4.83. The van der Waals surface area contributed by atoms with Crippen molar-refractivity contribution in [2.75, 3.05) is 54.1 Å². The second-order valence-electron chi connectivity index (χ2n) is 10.6. The average molecular weight is 614 g/mol. The van der Waals surface area contributed by atoms with Crippen molar-refractivity contribution in [2.45, 2.75) is 13.3 Å². The summed E-state index contributed by atoms with van der Waals surface area (Å²) >= 11 is 6.36. The Morgan fingerprint density at radius 2 is 1.80 bits per heavy atom. The number of likely N-dealkylation sites (N-methyl/N-ethyl adjacent to an activating group) is 1. The van der Waals surface area contributed by atoms with Crippen LogP contribution in [0.5, 0.6) is 0 Å². The number of aryl methyl sites for hydroxylation is 1. The molecule has 44 heavy (non-hydrogen) atoms. The van der Waals surface area contributed by atoms with E-state index in [0.29, 0.717) is 16.3 Å². The Morgan fingerprint density at radius 3 is 2.50 bits per heavy atom. The first kappa shape index (κ1) is 30.7. The van der Waals surface area contributed by atoms with Gasteiger partial charge in [-0.05, 0) is 73.6 Å². The third-order valence-electron chi connectivity index (χ3n) is 7.40. The zero-order chi connectivity index (χ0) is 31.2. The molecule has 226 valence electrons. The molecule has 1 aliphatic heterocycles. The van der Waals surface area contributed by atoms with E-state index in [4.69, 9.17) is 11.6 Å². The van der Waals surface area contributed by atoms with Crippen molar-refractivity contribution < 1.29 is 14.0 Å². The average Bonchev–Trinajstić information content (AvgIpc) is 3.01. The number of piperazine rings is 1. The number of carbonyl (C=O) groups excluding carboxylic acids is 2. The fraction of sp³-hybridized carbons (Fsp3) is 0.212. The van der Waals surface area contributed by atoms with E-state index in [1.807, 2.05) is 37.3 Å². The van der Waals surface area contributed by atoms with Gasteiger partial charge in [0, 0.05) is 55.9 Å². The van der Waals surface area contributed by atoms with Gasteiger partial charge in [-0.25, -0.2) is 9.37 Å². The minimum Gasteiger partial charge on any atom is -0.369 e. The summed E-state index contributed by atoms with van der Waals surface area (Å²) < 4.78 is 14.4. The third kappa shape index (κ3) is 7.39. The summed E-state index contributed by atoms with van der Waals surface area (Å²) in [5.74, 6) is -0.960. The van der Waals surface area contributed by atoms with Gasteiger partial charge in [-0.2, -0.15) is 4.98 Å². The van der Waals surface area contributed by atoms with Crippen LogP contribution in [-0.2, 0) is 11.2 Å². The molecule has 0 aliphatic carbocycles. The van der Waals surface area contributed by atoms with Gasteiger partial charge in [0.15, 0.2) is 5.78 Å². The molecule has 0 atom stereocenters. The topological polar surface area (TPSA) is 102 Å². The molecule has 1 aliphatic rings. The van der Waals surface area contributed by atoms with Crippen LogP contribution in [0.1, 0.15) is 21.5 Å². The van der Waals surface area contributed by atoms with Crippen LogP contribution in [0.3, 0.4) is 0 Å². The number of halogens is 2. The van der Waals surface area contributed by atoms with Crippen molar-refractivity contribution in [1.82, 2.24) is 14.9 Å². The number of allylic oxidation sites excluding steroid dienone is 1. The summed E-state index contributed by atoms with van der Waals surface area (Å²) in [6, 6.07) is 17.3. The molecule has 5 rings (SSSR count). The number of benzene rings is 3. The lowest BCUT2D eigenvalue weighted by atomic mass is 10.1. The maximum absolute atomic E-state index is 14.4. The number of carbonyl (C=O) groups is 2. The van der Waals surface area contributed by atoms with Crippen LogP contribution < -0.4 is 20.9 Å². The van der Waals surface area contributed by atoms with Crippen LogP contribution in [0.4, 0.5) is 38.9 Å². The fourth-order valence-corrected chi connectivity index (χ4v) is 5.10. The van der Waals surface area contributed by atoms with Gasteiger partial charge in [0.1, 0.15) is 17.2 Å². The van der Waals surface area contributed by atoms with Gasteiger partial charge in [0.05, 0.1) is 10.7 Å². The number of anilines is 6. The highest BCUT2D eigenvalue weighted by Gasteiger charge is 2.20. The maximum atomic E-state index is 14.4. The van der Waals surface area contributed by atoms with Crippen molar-refractivity contribution in [3.63, 3.8) is 0 Å². The molecular formula is C33H33ClFN7O2. The molecule has 9 nitrogen and oxygen atoms in total. The second kappa shape index (κ2) is 13.7. The lowest BCUT2D eigenvalue weighted by Gasteiger charge is -2.34. The summed E-state index contributed by atoms with van der Waals surface area (Å²) in [5.41, 5.74) is 3.99. The number of nitrogens with one attached hydrogen (secondary N) is 3. The maximum Gasteiger partial charge on any atom is 0.261 e.